The van der Waals surface area contributed by atoms with E-state index < -0.39 is 0 Å². The Bertz CT molecular complexity index is 255. The average Bonchev–Trinajstić information content (AvgIpc) is 1.96. The first-order chi connectivity index (χ1) is 7.23. The van der Waals surface area contributed by atoms with E-state index in [1.165, 1.54) is 0 Å². The summed E-state index contributed by atoms with van der Waals surface area (Å²) >= 11 is 0. The summed E-state index contributed by atoms with van der Waals surface area (Å²) in [6.45, 7) is 19.6. The van der Waals surface area contributed by atoms with Crippen molar-refractivity contribution >= 4 is 5.78 Å². The van der Waals surface area contributed by atoms with Crippen LogP contribution < -0.4 is 0 Å². The minimum absolute atomic E-state index is 0.203. The maximum absolute atomic E-state index is 12.2. The second kappa shape index (κ2) is 5.12. The van der Waals surface area contributed by atoms with E-state index in [1.54, 1.807) is 0 Å². The molecule has 0 spiro atoms. The van der Waals surface area contributed by atoms with Gasteiger partial charge in [-0.05, 0) is 23.2 Å². The summed E-state index contributed by atoms with van der Waals surface area (Å²) in [5.74, 6) is 0.857. The molecule has 0 aromatic rings. The second-order valence-corrected chi connectivity index (χ2v) is 8.71. The molecule has 102 valence electrons. The molecule has 0 bridgehead atoms. The van der Waals surface area contributed by atoms with Crippen molar-refractivity contribution in [3.63, 3.8) is 0 Å². The van der Waals surface area contributed by atoms with E-state index in [1.807, 2.05) is 20.8 Å². The number of hydrogen-bond acceptors (Lipinski definition) is 1. The summed E-state index contributed by atoms with van der Waals surface area (Å²) in [4.78, 5) is 12.2. The number of rotatable bonds is 3. The van der Waals surface area contributed by atoms with Crippen molar-refractivity contribution in [2.24, 2.45) is 22.2 Å². The fourth-order valence-corrected chi connectivity index (χ4v) is 1.95. The van der Waals surface area contributed by atoms with Crippen molar-refractivity contribution in [3.05, 3.63) is 0 Å². The Kier molecular flexibility index (Phi) is 5.02. The minimum atomic E-state index is -0.207. The Morgan fingerprint density at radius 2 is 1.29 bits per heavy atom. The predicted octanol–water partition coefficient (Wildman–Crippen LogP) is 5.09. The molecule has 0 aliphatic rings. The van der Waals surface area contributed by atoms with Crippen LogP contribution in [0.5, 0.6) is 0 Å². The molecule has 0 amide bonds. The molecule has 0 aliphatic carbocycles. The molecule has 0 aromatic carbocycles. The Balaban J connectivity index is 4.81. The van der Waals surface area contributed by atoms with E-state index >= 15 is 0 Å². The van der Waals surface area contributed by atoms with Gasteiger partial charge in [0.05, 0.1) is 0 Å². The van der Waals surface area contributed by atoms with Crippen LogP contribution in [0.2, 0.25) is 0 Å². The van der Waals surface area contributed by atoms with Gasteiger partial charge in [-0.1, -0.05) is 62.3 Å². The summed E-state index contributed by atoms with van der Waals surface area (Å²) in [6.07, 6.45) is 1.82. The zero-order chi connectivity index (χ0) is 14.1. The van der Waals surface area contributed by atoms with Gasteiger partial charge in [-0.25, -0.2) is 0 Å². The van der Waals surface area contributed by atoms with Crippen LogP contribution in [-0.2, 0) is 4.79 Å². The summed E-state index contributed by atoms with van der Waals surface area (Å²) in [7, 11) is 0. The molecule has 0 fully saturated rings. The van der Waals surface area contributed by atoms with Crippen LogP contribution in [-0.4, -0.2) is 5.78 Å². The van der Waals surface area contributed by atoms with E-state index in [2.05, 4.69) is 41.5 Å². The van der Waals surface area contributed by atoms with Crippen LogP contribution in [0.4, 0.5) is 0 Å². The van der Waals surface area contributed by atoms with E-state index in [4.69, 9.17) is 0 Å². The largest absolute Gasteiger partial charge is 0.299 e. The summed E-state index contributed by atoms with van der Waals surface area (Å²) in [5.41, 5.74) is 0.283. The molecule has 0 N–H and O–H groups in total. The lowest BCUT2D eigenvalue weighted by molar-refractivity contribution is -0.128. The predicted molar refractivity (Wildman–Crippen MR) is 76.1 cm³/mol. The van der Waals surface area contributed by atoms with Crippen LogP contribution in [0.15, 0.2) is 0 Å². The van der Waals surface area contributed by atoms with E-state index in [0.29, 0.717) is 18.1 Å². The Morgan fingerprint density at radius 3 is 1.53 bits per heavy atom. The number of Topliss-reactive ketones (excluding diaryl/α,β-unsaturated/α-hetero) is 1. The van der Waals surface area contributed by atoms with Gasteiger partial charge in [0.15, 0.2) is 0 Å². The first-order valence-electron chi connectivity index (χ1n) is 6.77. The fraction of sp³-hybridized carbons (Fsp3) is 0.938. The van der Waals surface area contributed by atoms with Gasteiger partial charge in [0.2, 0.25) is 0 Å². The third-order valence-corrected chi connectivity index (χ3v) is 3.35. The lowest BCUT2D eigenvalue weighted by Crippen LogP contribution is -2.31. The maximum Gasteiger partial charge on any atom is 0.138 e. The second-order valence-electron chi connectivity index (χ2n) is 8.71. The summed E-state index contributed by atoms with van der Waals surface area (Å²) in [5, 5.41) is 0. The normalized spacial score (nSPS) is 15.8. The fourth-order valence-electron chi connectivity index (χ4n) is 1.95. The smallest absolute Gasteiger partial charge is 0.138 e. The van der Waals surface area contributed by atoms with Gasteiger partial charge in [0.1, 0.15) is 5.78 Å². The van der Waals surface area contributed by atoms with E-state index in [0.717, 1.165) is 6.42 Å². The lowest BCUT2D eigenvalue weighted by atomic mass is 9.68. The zero-order valence-corrected chi connectivity index (χ0v) is 13.4. The van der Waals surface area contributed by atoms with Gasteiger partial charge >= 0.3 is 0 Å². The maximum atomic E-state index is 12.2. The Hall–Kier alpha value is -0.330. The first kappa shape index (κ1) is 16.7. The van der Waals surface area contributed by atoms with Crippen molar-refractivity contribution in [2.45, 2.75) is 75.2 Å². The van der Waals surface area contributed by atoms with Crippen molar-refractivity contribution in [1.82, 2.24) is 0 Å². The van der Waals surface area contributed by atoms with Crippen LogP contribution in [0, 0.1) is 22.2 Å². The molecule has 1 nitrogen and oxygen atoms in total. The highest BCUT2D eigenvalue weighted by Crippen LogP contribution is 2.39. The van der Waals surface area contributed by atoms with Crippen molar-refractivity contribution in [1.29, 1.82) is 0 Å². The standard InChI is InChI=1S/C16H32O/c1-14(2,3)11-12(15(4,5)6)10-13(17)16(7,8)9/h12H,10-11H2,1-9H3. The van der Waals surface area contributed by atoms with Gasteiger partial charge in [-0.15, -0.1) is 0 Å². The van der Waals surface area contributed by atoms with Crippen LogP contribution in [0.3, 0.4) is 0 Å². The lowest BCUT2D eigenvalue weighted by Gasteiger charge is -2.36. The van der Waals surface area contributed by atoms with Crippen LogP contribution in [0.1, 0.15) is 75.2 Å². The van der Waals surface area contributed by atoms with Gasteiger partial charge in [0, 0.05) is 11.8 Å². The highest BCUT2D eigenvalue weighted by atomic mass is 16.1. The quantitative estimate of drug-likeness (QED) is 0.671. The van der Waals surface area contributed by atoms with Crippen molar-refractivity contribution in [3.8, 4) is 0 Å². The first-order valence-corrected chi connectivity index (χ1v) is 6.77. The van der Waals surface area contributed by atoms with Gasteiger partial charge in [-0.3, -0.25) is 4.79 Å². The van der Waals surface area contributed by atoms with Crippen molar-refractivity contribution < 1.29 is 4.79 Å². The molecule has 1 atom stereocenters. The van der Waals surface area contributed by atoms with E-state index in [-0.39, 0.29) is 16.2 Å². The van der Waals surface area contributed by atoms with Crippen LogP contribution >= 0.6 is 0 Å². The summed E-state index contributed by atoms with van der Waals surface area (Å²) in [6, 6.07) is 0. The molecule has 17 heavy (non-hydrogen) atoms. The molecular formula is C16H32O. The third-order valence-electron chi connectivity index (χ3n) is 3.35. The number of carbonyl (C=O) groups is 1. The molecule has 0 aliphatic heterocycles. The van der Waals surface area contributed by atoms with Gasteiger partial charge in [0.25, 0.3) is 0 Å². The molecule has 0 radical (unpaired) electrons. The third kappa shape index (κ3) is 6.85. The monoisotopic (exact) mass is 240 g/mol. The Labute approximate surface area is 108 Å². The molecular weight excluding hydrogens is 208 g/mol. The van der Waals surface area contributed by atoms with E-state index in [9.17, 15) is 4.79 Å². The molecule has 1 heteroatoms. The Morgan fingerprint density at radius 1 is 0.882 bits per heavy atom. The van der Waals surface area contributed by atoms with Gasteiger partial charge < -0.3 is 0 Å². The van der Waals surface area contributed by atoms with Crippen molar-refractivity contribution in [2.75, 3.05) is 0 Å². The van der Waals surface area contributed by atoms with Crippen LogP contribution in [0.25, 0.3) is 0 Å². The SMILES string of the molecule is CC(C)(C)CC(CC(=O)C(C)(C)C)C(C)(C)C. The summed E-state index contributed by atoms with van der Waals surface area (Å²) < 4.78 is 0. The average molecular weight is 240 g/mol. The number of carbonyl (C=O) groups excluding carboxylic acids is 1. The van der Waals surface area contributed by atoms with Gasteiger partial charge in [-0.2, -0.15) is 0 Å². The molecule has 0 saturated heterocycles. The number of hydrogen-bond donors (Lipinski definition) is 0. The zero-order valence-electron chi connectivity index (χ0n) is 13.4. The number of ketones is 1. The molecule has 0 saturated carbocycles. The molecule has 0 aromatic heterocycles. The molecule has 0 heterocycles. The molecule has 1 unspecified atom stereocenters. The topological polar surface area (TPSA) is 17.1 Å². The highest BCUT2D eigenvalue weighted by molar-refractivity contribution is 5.83. The minimum Gasteiger partial charge on any atom is -0.299 e. The molecule has 0 rings (SSSR count). The highest BCUT2D eigenvalue weighted by Gasteiger charge is 2.33.